The lowest BCUT2D eigenvalue weighted by atomic mass is 9.53. The number of aromatic nitrogens is 1. The maximum absolute atomic E-state index is 13.4. The molecule has 6 atom stereocenters. The van der Waals surface area contributed by atoms with Crippen LogP contribution >= 0.6 is 11.3 Å². The van der Waals surface area contributed by atoms with Gasteiger partial charge in [0.1, 0.15) is 5.75 Å². The number of anilines is 1. The summed E-state index contributed by atoms with van der Waals surface area (Å²) in [6.07, 6.45) is 2.08. The SMILES string of the molecule is COc1ccc(C(=O)Nc2nc3c(s2)C[C@]2(C)CCC([C@H](C)C(=O)N4CCN(C)CC4)[C@H](O)[C@H]2[C@@H]3C)cc1. The predicted octanol–water partition coefficient (Wildman–Crippen LogP) is 3.87. The number of ether oxygens (including phenoxy) is 1. The average Bonchev–Trinajstić information content (AvgIpc) is 3.30. The minimum Gasteiger partial charge on any atom is -0.497 e. The summed E-state index contributed by atoms with van der Waals surface area (Å²) < 4.78 is 5.18. The van der Waals surface area contributed by atoms with Crippen molar-refractivity contribution in [2.24, 2.45) is 23.2 Å². The molecule has 8 nitrogen and oxygen atoms in total. The van der Waals surface area contributed by atoms with Crippen LogP contribution in [0.1, 0.15) is 60.5 Å². The first-order chi connectivity index (χ1) is 18.1. The van der Waals surface area contributed by atoms with Crippen molar-refractivity contribution >= 4 is 28.3 Å². The first-order valence-electron chi connectivity index (χ1n) is 13.7. The number of nitrogens with zero attached hydrogens (tertiary/aromatic N) is 3. The number of aliphatic hydroxyl groups is 1. The van der Waals surface area contributed by atoms with Crippen molar-refractivity contribution in [1.29, 1.82) is 0 Å². The molecule has 1 saturated carbocycles. The number of aliphatic hydroxyl groups excluding tert-OH is 1. The number of methoxy groups -OCH3 is 1. The Kier molecular flexibility index (Phi) is 7.55. The maximum atomic E-state index is 13.4. The zero-order valence-electron chi connectivity index (χ0n) is 23.1. The van der Waals surface area contributed by atoms with Gasteiger partial charge in [0, 0.05) is 48.5 Å². The third kappa shape index (κ3) is 4.96. The lowest BCUT2D eigenvalue weighted by Crippen LogP contribution is -2.55. The van der Waals surface area contributed by atoms with Gasteiger partial charge in [0.05, 0.1) is 18.9 Å². The molecule has 5 rings (SSSR count). The molecule has 38 heavy (non-hydrogen) atoms. The third-order valence-corrected chi connectivity index (χ3v) is 10.3. The number of hydrogen-bond acceptors (Lipinski definition) is 7. The Labute approximate surface area is 229 Å². The minimum atomic E-state index is -0.567. The number of nitrogens with one attached hydrogen (secondary N) is 1. The zero-order valence-corrected chi connectivity index (χ0v) is 23.9. The van der Waals surface area contributed by atoms with Crippen molar-refractivity contribution in [3.63, 3.8) is 0 Å². The van der Waals surface area contributed by atoms with E-state index in [9.17, 15) is 14.7 Å². The highest BCUT2D eigenvalue weighted by Gasteiger charge is 2.54. The molecule has 0 spiro atoms. The number of hydrogen-bond donors (Lipinski definition) is 2. The van der Waals surface area contributed by atoms with Gasteiger partial charge in [-0.15, -0.1) is 11.3 Å². The Balaban J connectivity index is 1.31. The van der Waals surface area contributed by atoms with Crippen LogP contribution in [-0.2, 0) is 11.2 Å². The van der Waals surface area contributed by atoms with Crippen LogP contribution in [0, 0.1) is 23.2 Å². The summed E-state index contributed by atoms with van der Waals surface area (Å²) in [6.45, 7) is 9.74. The summed E-state index contributed by atoms with van der Waals surface area (Å²) in [5.41, 5.74) is 1.45. The third-order valence-electron chi connectivity index (χ3n) is 9.34. The number of carbonyl (C=O) groups excluding carboxylic acids is 2. The van der Waals surface area contributed by atoms with Gasteiger partial charge in [-0.25, -0.2) is 4.98 Å². The van der Waals surface area contributed by atoms with Gasteiger partial charge in [0.15, 0.2) is 5.13 Å². The van der Waals surface area contributed by atoms with Crippen molar-refractivity contribution in [2.75, 3.05) is 45.7 Å². The molecule has 9 heteroatoms. The van der Waals surface area contributed by atoms with Gasteiger partial charge in [-0.05, 0) is 67.8 Å². The van der Waals surface area contributed by atoms with Crippen LogP contribution in [-0.4, -0.2) is 78.1 Å². The number of rotatable bonds is 5. The van der Waals surface area contributed by atoms with E-state index in [1.165, 1.54) is 4.88 Å². The Hall–Kier alpha value is -2.49. The molecule has 3 aliphatic rings. The van der Waals surface area contributed by atoms with Crippen LogP contribution in [0.4, 0.5) is 5.13 Å². The fourth-order valence-electron chi connectivity index (χ4n) is 7.01. The highest BCUT2D eigenvalue weighted by atomic mass is 32.1. The molecule has 1 aromatic carbocycles. The van der Waals surface area contributed by atoms with E-state index in [0.29, 0.717) is 16.4 Å². The quantitative estimate of drug-likeness (QED) is 0.598. The molecule has 206 valence electrons. The monoisotopic (exact) mass is 540 g/mol. The second kappa shape index (κ2) is 10.6. The Morgan fingerprint density at radius 1 is 1.21 bits per heavy atom. The van der Waals surface area contributed by atoms with E-state index in [-0.39, 0.29) is 40.9 Å². The summed E-state index contributed by atoms with van der Waals surface area (Å²) in [7, 11) is 3.68. The number of carbonyl (C=O) groups is 2. The summed E-state index contributed by atoms with van der Waals surface area (Å²) in [6, 6.07) is 7.01. The number of likely N-dealkylation sites (N-methyl/N-ethyl adjacent to an activating group) is 1. The number of thiazole rings is 1. The van der Waals surface area contributed by atoms with Crippen LogP contribution in [0.25, 0.3) is 0 Å². The zero-order chi connectivity index (χ0) is 27.2. The molecular weight excluding hydrogens is 500 g/mol. The summed E-state index contributed by atoms with van der Waals surface area (Å²) in [5.74, 6) is 0.461. The van der Waals surface area contributed by atoms with Gasteiger partial charge >= 0.3 is 0 Å². The van der Waals surface area contributed by atoms with Crippen LogP contribution < -0.4 is 10.1 Å². The highest BCUT2D eigenvalue weighted by Crippen LogP contribution is 2.57. The van der Waals surface area contributed by atoms with E-state index < -0.39 is 6.10 Å². The summed E-state index contributed by atoms with van der Waals surface area (Å²) in [4.78, 5) is 36.5. The van der Waals surface area contributed by atoms with Gasteiger partial charge in [0.2, 0.25) is 5.91 Å². The van der Waals surface area contributed by atoms with Crippen LogP contribution in [0.2, 0.25) is 0 Å². The van der Waals surface area contributed by atoms with Gasteiger partial charge in [-0.3, -0.25) is 14.9 Å². The van der Waals surface area contributed by atoms with Crippen molar-refractivity contribution in [1.82, 2.24) is 14.8 Å². The topological polar surface area (TPSA) is 95.0 Å². The molecule has 2 heterocycles. The molecule has 1 aromatic heterocycles. The first kappa shape index (κ1) is 27.1. The second-order valence-corrected chi connectivity index (χ2v) is 12.8. The van der Waals surface area contributed by atoms with Crippen molar-refractivity contribution < 1.29 is 19.4 Å². The van der Waals surface area contributed by atoms with Crippen molar-refractivity contribution in [3.05, 3.63) is 40.4 Å². The first-order valence-corrected chi connectivity index (χ1v) is 14.5. The van der Waals surface area contributed by atoms with E-state index in [1.54, 1.807) is 42.7 Å². The highest BCUT2D eigenvalue weighted by molar-refractivity contribution is 7.15. The number of fused-ring (bicyclic) bond motifs is 2. The van der Waals surface area contributed by atoms with E-state index in [0.717, 1.165) is 51.1 Å². The standard InChI is InChI=1S/C29H40N4O4S/c1-17(27(36)33-14-12-32(4)13-15-33)21-10-11-29(3)16-22-24(18(2)23(29)25(21)34)30-28(38-22)31-26(35)19-6-8-20(37-5)9-7-19/h6-9,17-18,21,23,25,34H,10-16H2,1-5H3,(H,30,31,35)/t17-,18-,21?,23+,25-,29-/m0/s1. The van der Waals surface area contributed by atoms with Crippen LogP contribution in [0.15, 0.2) is 24.3 Å². The second-order valence-electron chi connectivity index (χ2n) is 11.8. The molecule has 1 aliphatic heterocycles. The van der Waals surface area contributed by atoms with Gasteiger partial charge in [0.25, 0.3) is 5.91 Å². The molecule has 0 radical (unpaired) electrons. The van der Waals surface area contributed by atoms with Gasteiger partial charge in [-0.1, -0.05) is 20.8 Å². The molecule has 2 amide bonds. The lowest BCUT2D eigenvalue weighted by molar-refractivity contribution is -0.146. The fourth-order valence-corrected chi connectivity index (χ4v) is 8.27. The van der Waals surface area contributed by atoms with Crippen LogP contribution in [0.5, 0.6) is 5.75 Å². The van der Waals surface area contributed by atoms with Crippen molar-refractivity contribution in [3.8, 4) is 5.75 Å². The number of piperazine rings is 1. The number of benzene rings is 1. The minimum absolute atomic E-state index is 0.0173. The Morgan fingerprint density at radius 2 is 1.89 bits per heavy atom. The molecule has 2 fully saturated rings. The molecule has 1 unspecified atom stereocenters. The van der Waals surface area contributed by atoms with Gasteiger partial charge in [-0.2, -0.15) is 0 Å². The van der Waals surface area contributed by atoms with E-state index in [4.69, 9.17) is 9.72 Å². The van der Waals surface area contributed by atoms with Crippen molar-refractivity contribution in [2.45, 2.75) is 52.1 Å². The lowest BCUT2D eigenvalue weighted by Gasteiger charge is -2.53. The van der Waals surface area contributed by atoms with E-state index in [2.05, 4.69) is 31.1 Å². The largest absolute Gasteiger partial charge is 0.497 e. The molecule has 2 aliphatic carbocycles. The normalized spacial score (nSPS) is 30.2. The fraction of sp³-hybridized carbons (Fsp3) is 0.621. The number of amides is 2. The van der Waals surface area contributed by atoms with Crippen LogP contribution in [0.3, 0.4) is 0 Å². The molecule has 1 saturated heterocycles. The van der Waals surface area contributed by atoms with E-state index >= 15 is 0 Å². The molecule has 2 aromatic rings. The smallest absolute Gasteiger partial charge is 0.257 e. The maximum Gasteiger partial charge on any atom is 0.257 e. The molecule has 0 bridgehead atoms. The molecular formula is C29H40N4O4S. The average molecular weight is 541 g/mol. The Bertz CT molecular complexity index is 1180. The predicted molar refractivity (Wildman–Crippen MR) is 149 cm³/mol. The summed E-state index contributed by atoms with van der Waals surface area (Å²) in [5, 5.41) is 15.3. The molecule has 2 N–H and O–H groups in total. The summed E-state index contributed by atoms with van der Waals surface area (Å²) >= 11 is 1.54. The van der Waals surface area contributed by atoms with E-state index in [1.807, 2.05) is 11.8 Å². The van der Waals surface area contributed by atoms with Gasteiger partial charge < -0.3 is 19.6 Å². The Morgan fingerprint density at radius 3 is 2.55 bits per heavy atom.